The first-order valence-corrected chi connectivity index (χ1v) is 11.0. The van der Waals surface area contributed by atoms with E-state index in [4.69, 9.17) is 0 Å². The van der Waals surface area contributed by atoms with Crippen molar-refractivity contribution in [2.24, 2.45) is 11.8 Å². The minimum absolute atomic E-state index is 1.00. The highest BCUT2D eigenvalue weighted by Crippen LogP contribution is 2.32. The number of nitrogens with zero attached hydrogens (tertiary/aromatic N) is 1. The topological polar surface area (TPSA) is 3.24 Å². The van der Waals surface area contributed by atoms with Crippen LogP contribution in [0.15, 0.2) is 0 Å². The van der Waals surface area contributed by atoms with Crippen LogP contribution in [0.4, 0.5) is 0 Å². The van der Waals surface area contributed by atoms with Crippen molar-refractivity contribution in [3.05, 3.63) is 0 Å². The van der Waals surface area contributed by atoms with Crippen LogP contribution in [-0.4, -0.2) is 25.0 Å². The van der Waals surface area contributed by atoms with Crippen LogP contribution in [0.25, 0.3) is 0 Å². The smallest absolute Gasteiger partial charge is 0.00190 e. The van der Waals surface area contributed by atoms with Crippen molar-refractivity contribution < 1.29 is 0 Å². The molecule has 0 aromatic carbocycles. The zero-order valence-corrected chi connectivity index (χ0v) is 16.6. The summed E-state index contributed by atoms with van der Waals surface area (Å²) in [5.74, 6) is 2.02. The highest BCUT2D eigenvalue weighted by Gasteiger charge is 2.21. The van der Waals surface area contributed by atoms with Crippen molar-refractivity contribution in [2.45, 2.75) is 110 Å². The Hall–Kier alpha value is -0.0400. The van der Waals surface area contributed by atoms with Crippen LogP contribution in [0, 0.1) is 11.8 Å². The fourth-order valence-electron chi connectivity index (χ4n) is 4.35. The van der Waals surface area contributed by atoms with Crippen LogP contribution in [0.3, 0.4) is 0 Å². The van der Waals surface area contributed by atoms with Gasteiger partial charge in [0.15, 0.2) is 0 Å². The number of unbranched alkanes of at least 4 members (excludes halogenated alkanes) is 5. The summed E-state index contributed by atoms with van der Waals surface area (Å²) in [7, 11) is 2.34. The molecule has 0 spiro atoms. The SMILES string of the molecule is CCCCCCC[C@@H]1CCN(C)CCCCCCC1CCCC. The summed E-state index contributed by atoms with van der Waals surface area (Å²) >= 11 is 0. The van der Waals surface area contributed by atoms with Crippen molar-refractivity contribution in [1.82, 2.24) is 4.90 Å². The van der Waals surface area contributed by atoms with Gasteiger partial charge in [-0.1, -0.05) is 97.3 Å². The van der Waals surface area contributed by atoms with Gasteiger partial charge in [0.1, 0.15) is 0 Å². The highest BCUT2D eigenvalue weighted by molar-refractivity contribution is 4.73. The molecule has 23 heavy (non-hydrogen) atoms. The van der Waals surface area contributed by atoms with Gasteiger partial charge >= 0.3 is 0 Å². The maximum absolute atomic E-state index is 2.60. The zero-order valence-electron chi connectivity index (χ0n) is 16.6. The van der Waals surface area contributed by atoms with Gasteiger partial charge in [0, 0.05) is 0 Å². The number of rotatable bonds is 9. The molecule has 0 amide bonds. The van der Waals surface area contributed by atoms with E-state index in [9.17, 15) is 0 Å². The molecule has 1 unspecified atom stereocenters. The van der Waals surface area contributed by atoms with Gasteiger partial charge in [0.25, 0.3) is 0 Å². The van der Waals surface area contributed by atoms with Crippen LogP contribution in [0.2, 0.25) is 0 Å². The monoisotopic (exact) mass is 323 g/mol. The molecule has 0 aliphatic carbocycles. The van der Waals surface area contributed by atoms with Crippen LogP contribution in [0.1, 0.15) is 110 Å². The Labute approximate surface area is 147 Å². The standard InChI is InChI=1S/C22H45N/c1-4-6-8-9-12-17-22-18-20-23(3)19-14-11-10-13-16-21(22)15-7-5-2/h21-22H,4-20H2,1-3H3/t21?,22-/m1/s1. The van der Waals surface area contributed by atoms with Gasteiger partial charge in [-0.3, -0.25) is 0 Å². The second-order valence-corrected chi connectivity index (χ2v) is 8.16. The molecular weight excluding hydrogens is 278 g/mol. The molecule has 138 valence electrons. The lowest BCUT2D eigenvalue weighted by molar-refractivity contribution is 0.217. The molecule has 1 saturated heterocycles. The normalized spacial score (nSPS) is 25.2. The fourth-order valence-corrected chi connectivity index (χ4v) is 4.35. The quantitative estimate of drug-likeness (QED) is 0.411. The van der Waals surface area contributed by atoms with E-state index in [2.05, 4.69) is 25.8 Å². The molecule has 1 fully saturated rings. The van der Waals surface area contributed by atoms with Crippen LogP contribution in [-0.2, 0) is 0 Å². The Morgan fingerprint density at radius 3 is 2.09 bits per heavy atom. The van der Waals surface area contributed by atoms with Crippen molar-refractivity contribution in [3.8, 4) is 0 Å². The summed E-state index contributed by atoms with van der Waals surface area (Å²) < 4.78 is 0. The average Bonchev–Trinajstić information content (AvgIpc) is 2.59. The van der Waals surface area contributed by atoms with Gasteiger partial charge in [-0.25, -0.2) is 0 Å². The summed E-state index contributed by atoms with van der Waals surface area (Å²) in [6.07, 6.45) is 21.9. The van der Waals surface area contributed by atoms with E-state index in [0.29, 0.717) is 0 Å². The summed E-state index contributed by atoms with van der Waals surface area (Å²) in [6, 6.07) is 0. The van der Waals surface area contributed by atoms with E-state index in [1.54, 1.807) is 0 Å². The summed E-state index contributed by atoms with van der Waals surface area (Å²) in [5.41, 5.74) is 0. The molecule has 1 rings (SSSR count). The molecular formula is C22H45N. The average molecular weight is 324 g/mol. The molecule has 0 saturated carbocycles. The predicted octanol–water partition coefficient (Wildman–Crippen LogP) is 7.06. The first-order chi connectivity index (χ1) is 11.3. The molecule has 1 heteroatoms. The third-order valence-corrected chi connectivity index (χ3v) is 6.02. The summed E-state index contributed by atoms with van der Waals surface area (Å²) in [5, 5.41) is 0. The minimum atomic E-state index is 1.00. The molecule has 0 radical (unpaired) electrons. The molecule has 0 N–H and O–H groups in total. The van der Waals surface area contributed by atoms with E-state index in [0.717, 1.165) is 11.8 Å². The third kappa shape index (κ3) is 10.4. The summed E-state index contributed by atoms with van der Waals surface area (Å²) in [4.78, 5) is 2.60. The van der Waals surface area contributed by atoms with Crippen LogP contribution >= 0.6 is 0 Å². The summed E-state index contributed by atoms with van der Waals surface area (Å²) in [6.45, 7) is 7.34. The van der Waals surface area contributed by atoms with Crippen LogP contribution in [0.5, 0.6) is 0 Å². The largest absolute Gasteiger partial charge is 0.306 e. The lowest BCUT2D eigenvalue weighted by atomic mass is 9.79. The number of hydrogen-bond donors (Lipinski definition) is 0. The van der Waals surface area contributed by atoms with E-state index in [1.807, 2.05) is 0 Å². The van der Waals surface area contributed by atoms with Gasteiger partial charge in [-0.15, -0.1) is 0 Å². The molecule has 1 heterocycles. The van der Waals surface area contributed by atoms with E-state index < -0.39 is 0 Å². The predicted molar refractivity (Wildman–Crippen MR) is 105 cm³/mol. The third-order valence-electron chi connectivity index (χ3n) is 6.02. The Bertz CT molecular complexity index is 250. The Balaban J connectivity index is 2.51. The van der Waals surface area contributed by atoms with Crippen LogP contribution < -0.4 is 0 Å². The van der Waals surface area contributed by atoms with Crippen molar-refractivity contribution in [3.63, 3.8) is 0 Å². The van der Waals surface area contributed by atoms with Gasteiger partial charge in [0.2, 0.25) is 0 Å². The van der Waals surface area contributed by atoms with Crippen molar-refractivity contribution in [1.29, 1.82) is 0 Å². The van der Waals surface area contributed by atoms with E-state index >= 15 is 0 Å². The van der Waals surface area contributed by atoms with Gasteiger partial charge in [0.05, 0.1) is 0 Å². The lowest BCUT2D eigenvalue weighted by Crippen LogP contribution is -2.25. The Kier molecular flexibility index (Phi) is 13.1. The second-order valence-electron chi connectivity index (χ2n) is 8.16. The van der Waals surface area contributed by atoms with E-state index in [-0.39, 0.29) is 0 Å². The maximum Gasteiger partial charge on any atom is -0.00190 e. The highest BCUT2D eigenvalue weighted by atomic mass is 15.1. The Morgan fingerprint density at radius 1 is 0.652 bits per heavy atom. The first kappa shape index (κ1) is 21.0. The zero-order chi connectivity index (χ0) is 16.8. The molecule has 0 aromatic heterocycles. The molecule has 0 bridgehead atoms. The Morgan fingerprint density at radius 2 is 1.30 bits per heavy atom. The minimum Gasteiger partial charge on any atom is -0.306 e. The van der Waals surface area contributed by atoms with Gasteiger partial charge < -0.3 is 4.90 Å². The molecule has 1 aliphatic heterocycles. The molecule has 0 aromatic rings. The first-order valence-electron chi connectivity index (χ1n) is 11.0. The second kappa shape index (κ2) is 14.3. The van der Waals surface area contributed by atoms with Crippen molar-refractivity contribution in [2.75, 3.05) is 20.1 Å². The molecule has 1 aliphatic rings. The maximum atomic E-state index is 2.60. The molecule has 1 nitrogen and oxygen atoms in total. The fraction of sp³-hybridized carbons (Fsp3) is 1.00. The van der Waals surface area contributed by atoms with E-state index in [1.165, 1.54) is 109 Å². The van der Waals surface area contributed by atoms with Gasteiger partial charge in [-0.05, 0) is 44.8 Å². The lowest BCUT2D eigenvalue weighted by Gasteiger charge is -2.29. The van der Waals surface area contributed by atoms with Gasteiger partial charge in [-0.2, -0.15) is 0 Å². The van der Waals surface area contributed by atoms with Crippen molar-refractivity contribution >= 4 is 0 Å². The molecule has 2 atom stereocenters. The number of hydrogen-bond acceptors (Lipinski definition) is 1.